The van der Waals surface area contributed by atoms with Crippen LogP contribution in [0, 0.1) is 18.7 Å². The molecule has 0 amide bonds. The van der Waals surface area contributed by atoms with Crippen molar-refractivity contribution in [3.8, 4) is 11.5 Å². The lowest BCUT2D eigenvalue weighted by Crippen LogP contribution is -2.49. The van der Waals surface area contributed by atoms with Crippen LogP contribution in [0.4, 0.5) is 13.2 Å². The van der Waals surface area contributed by atoms with E-state index in [2.05, 4.69) is 0 Å². The van der Waals surface area contributed by atoms with Crippen molar-refractivity contribution in [1.29, 1.82) is 0 Å². The molecule has 34 heavy (non-hydrogen) atoms. The molecule has 1 aliphatic rings. The monoisotopic (exact) mass is 481 g/mol. The number of hydrogen-bond acceptors (Lipinski definition) is 4. The quantitative estimate of drug-likeness (QED) is 0.265. The third kappa shape index (κ3) is 4.45. The lowest BCUT2D eigenvalue weighted by Gasteiger charge is -2.38. The van der Waals surface area contributed by atoms with Crippen molar-refractivity contribution in [2.24, 2.45) is 5.92 Å². The maximum absolute atomic E-state index is 14.4. The second-order valence-corrected chi connectivity index (χ2v) is 9.66. The number of likely N-dealkylation sites (tertiary alicyclic amines) is 1. The Hall–Kier alpha value is -3.16. The summed E-state index contributed by atoms with van der Waals surface area (Å²) in [6.07, 6.45) is -2.27. The highest BCUT2D eigenvalue weighted by atomic mass is 32.1. The van der Waals surface area contributed by atoms with Gasteiger partial charge in [-0.25, -0.2) is 13.2 Å². The lowest BCUT2D eigenvalue weighted by molar-refractivity contribution is -0.0279. The number of benzene rings is 3. The molecule has 1 aromatic heterocycles. The molecule has 3 nitrogen and oxygen atoms in total. The fourth-order valence-corrected chi connectivity index (χ4v) is 5.32. The van der Waals surface area contributed by atoms with Gasteiger partial charge < -0.3 is 4.74 Å². The molecule has 2 heterocycles. The van der Waals surface area contributed by atoms with Crippen LogP contribution in [0.15, 0.2) is 66.7 Å². The van der Waals surface area contributed by atoms with E-state index in [0.29, 0.717) is 36.0 Å². The Morgan fingerprint density at radius 2 is 1.82 bits per heavy atom. The number of alkyl halides is 2. The molecule has 4 aromatic rings. The maximum Gasteiger partial charge on any atom is 0.243 e. The van der Waals surface area contributed by atoms with Crippen molar-refractivity contribution in [3.63, 3.8) is 0 Å². The second kappa shape index (κ2) is 9.24. The predicted octanol–water partition coefficient (Wildman–Crippen LogP) is 7.07. The van der Waals surface area contributed by atoms with Gasteiger partial charge >= 0.3 is 0 Å². The van der Waals surface area contributed by atoms with Crippen LogP contribution in [0.1, 0.15) is 26.4 Å². The minimum atomic E-state index is -2.27. The van der Waals surface area contributed by atoms with Crippen molar-refractivity contribution in [3.05, 3.63) is 94.1 Å². The van der Waals surface area contributed by atoms with Crippen LogP contribution in [-0.4, -0.2) is 30.2 Å². The highest BCUT2D eigenvalue weighted by Gasteiger charge is 2.33. The summed E-state index contributed by atoms with van der Waals surface area (Å²) >= 11 is 1.28. The number of halogens is 3. The van der Waals surface area contributed by atoms with E-state index < -0.39 is 23.9 Å². The summed E-state index contributed by atoms with van der Waals surface area (Å²) in [4.78, 5) is 15.6. The SMILES string of the molecule is Cc1ccc2c(Oc3ccc(CN4CC(C(F)F)C4)cc3)c(C(=O)c3ccccc3F)sc2c1. The average molecular weight is 482 g/mol. The van der Waals surface area contributed by atoms with E-state index in [0.717, 1.165) is 21.2 Å². The summed E-state index contributed by atoms with van der Waals surface area (Å²) in [5.41, 5.74) is 2.05. The number of carbonyl (C=O) groups excluding carboxylic acids is 1. The van der Waals surface area contributed by atoms with Gasteiger partial charge in [-0.05, 0) is 54.4 Å². The number of fused-ring (bicyclic) bond motifs is 1. The Bertz CT molecular complexity index is 1340. The fourth-order valence-electron chi connectivity index (χ4n) is 4.14. The Morgan fingerprint density at radius 3 is 2.53 bits per heavy atom. The zero-order valence-electron chi connectivity index (χ0n) is 18.4. The first-order valence-electron chi connectivity index (χ1n) is 11.0. The zero-order valence-corrected chi connectivity index (χ0v) is 19.2. The van der Waals surface area contributed by atoms with Crippen LogP contribution in [0.2, 0.25) is 0 Å². The third-order valence-electron chi connectivity index (χ3n) is 6.02. The van der Waals surface area contributed by atoms with Crippen LogP contribution in [0.3, 0.4) is 0 Å². The molecule has 0 unspecified atom stereocenters. The molecule has 7 heteroatoms. The van der Waals surface area contributed by atoms with Crippen LogP contribution < -0.4 is 4.74 Å². The topological polar surface area (TPSA) is 29.5 Å². The van der Waals surface area contributed by atoms with Crippen molar-refractivity contribution in [2.75, 3.05) is 13.1 Å². The molecular formula is C27H22F3NO2S. The molecule has 1 fully saturated rings. The summed E-state index contributed by atoms with van der Waals surface area (Å²) in [5.74, 6) is -0.584. The van der Waals surface area contributed by atoms with E-state index in [1.807, 2.05) is 42.2 Å². The van der Waals surface area contributed by atoms with E-state index in [9.17, 15) is 18.0 Å². The number of thiophene rings is 1. The number of ketones is 1. The molecule has 0 bridgehead atoms. The molecule has 0 atom stereocenters. The Balaban J connectivity index is 1.41. The highest BCUT2D eigenvalue weighted by molar-refractivity contribution is 7.21. The van der Waals surface area contributed by atoms with Gasteiger partial charge in [0.05, 0.1) is 5.56 Å². The van der Waals surface area contributed by atoms with E-state index in [1.165, 1.54) is 23.5 Å². The molecule has 0 radical (unpaired) electrons. The van der Waals surface area contributed by atoms with Crippen molar-refractivity contribution in [2.45, 2.75) is 19.9 Å². The standard InChI is InChI=1S/C27H22F3NO2S/c1-16-6-11-21-23(12-16)34-26(24(32)20-4-2-3-5-22(20)28)25(21)33-19-9-7-17(8-10-19)13-31-14-18(15-31)27(29)30/h2-12,18,27H,13-15H2,1H3. The Kier molecular flexibility index (Phi) is 6.15. The molecule has 0 N–H and O–H groups in total. The van der Waals surface area contributed by atoms with Gasteiger partial charge in [0, 0.05) is 35.6 Å². The van der Waals surface area contributed by atoms with Gasteiger partial charge in [-0.1, -0.05) is 30.3 Å². The smallest absolute Gasteiger partial charge is 0.243 e. The lowest BCUT2D eigenvalue weighted by atomic mass is 10.00. The Morgan fingerprint density at radius 1 is 1.09 bits per heavy atom. The number of rotatable bonds is 7. The molecular weight excluding hydrogens is 459 g/mol. The molecule has 3 aromatic carbocycles. The van der Waals surface area contributed by atoms with E-state index in [1.54, 1.807) is 24.3 Å². The van der Waals surface area contributed by atoms with E-state index >= 15 is 0 Å². The summed E-state index contributed by atoms with van der Waals surface area (Å²) in [5, 5.41) is 0.790. The zero-order chi connectivity index (χ0) is 23.8. The summed E-state index contributed by atoms with van der Waals surface area (Å²) in [6.45, 7) is 3.37. The Labute approximate surface area is 199 Å². The van der Waals surface area contributed by atoms with Gasteiger partial charge in [0.15, 0.2) is 5.75 Å². The summed E-state index contributed by atoms with van der Waals surface area (Å²) in [6, 6.07) is 19.1. The first-order valence-corrected chi connectivity index (χ1v) is 11.8. The number of ether oxygens (including phenoxy) is 1. The predicted molar refractivity (Wildman–Crippen MR) is 128 cm³/mol. The van der Waals surface area contributed by atoms with Gasteiger partial charge in [0.1, 0.15) is 16.4 Å². The minimum absolute atomic E-state index is 0.00243. The third-order valence-corrected chi connectivity index (χ3v) is 7.15. The molecule has 0 spiro atoms. The van der Waals surface area contributed by atoms with Crippen LogP contribution in [0.5, 0.6) is 11.5 Å². The number of nitrogens with zero attached hydrogens (tertiary/aromatic N) is 1. The first-order chi connectivity index (χ1) is 16.4. The van der Waals surface area contributed by atoms with Gasteiger partial charge in [0.2, 0.25) is 12.2 Å². The molecule has 174 valence electrons. The second-order valence-electron chi connectivity index (χ2n) is 8.60. The van der Waals surface area contributed by atoms with E-state index in [4.69, 9.17) is 4.74 Å². The van der Waals surface area contributed by atoms with Crippen molar-refractivity contribution < 1.29 is 22.7 Å². The molecule has 0 aliphatic carbocycles. The summed E-state index contributed by atoms with van der Waals surface area (Å²) < 4.78 is 46.8. The molecule has 0 saturated carbocycles. The van der Waals surface area contributed by atoms with Crippen LogP contribution in [0.25, 0.3) is 10.1 Å². The normalized spacial score (nSPS) is 14.5. The van der Waals surface area contributed by atoms with Gasteiger partial charge in [-0.15, -0.1) is 11.3 Å². The van der Waals surface area contributed by atoms with Crippen molar-refractivity contribution >= 4 is 27.2 Å². The number of hydrogen-bond donors (Lipinski definition) is 0. The van der Waals surface area contributed by atoms with Crippen LogP contribution in [-0.2, 0) is 6.54 Å². The molecule has 1 saturated heterocycles. The molecule has 5 rings (SSSR count). The van der Waals surface area contributed by atoms with Crippen molar-refractivity contribution in [1.82, 2.24) is 4.90 Å². The number of aryl methyl sites for hydroxylation is 1. The van der Waals surface area contributed by atoms with E-state index in [-0.39, 0.29) is 5.56 Å². The largest absolute Gasteiger partial charge is 0.455 e. The van der Waals surface area contributed by atoms with Gasteiger partial charge in [0.25, 0.3) is 0 Å². The highest BCUT2D eigenvalue weighted by Crippen LogP contribution is 2.42. The summed E-state index contributed by atoms with van der Waals surface area (Å²) in [7, 11) is 0. The maximum atomic E-state index is 14.4. The van der Waals surface area contributed by atoms with Crippen LogP contribution >= 0.6 is 11.3 Å². The van der Waals surface area contributed by atoms with Gasteiger partial charge in [-0.3, -0.25) is 9.69 Å². The van der Waals surface area contributed by atoms with Gasteiger partial charge in [-0.2, -0.15) is 0 Å². The minimum Gasteiger partial charge on any atom is -0.455 e. The number of carbonyl (C=O) groups is 1. The molecule has 1 aliphatic heterocycles. The average Bonchev–Trinajstić information content (AvgIpc) is 3.14. The first kappa shape index (κ1) is 22.6. The fraction of sp³-hybridized carbons (Fsp3) is 0.222.